The molecule has 1 amide bonds. The van der Waals surface area contributed by atoms with Gasteiger partial charge in [-0.1, -0.05) is 36.4 Å². The Bertz CT molecular complexity index is 976. The SMILES string of the molecule is COc1ccc2c(c1)OC13CC[NH+](C)CC1C2C(C(=O)c1ccccc1)C(=O)N3. The Balaban J connectivity index is 1.66. The first-order valence-corrected chi connectivity index (χ1v) is 10.1. The summed E-state index contributed by atoms with van der Waals surface area (Å²) >= 11 is 0. The van der Waals surface area contributed by atoms with Gasteiger partial charge < -0.3 is 19.7 Å². The number of hydrogen-bond donors (Lipinski definition) is 2. The van der Waals surface area contributed by atoms with Gasteiger partial charge in [0.15, 0.2) is 11.5 Å². The molecule has 5 atom stereocenters. The summed E-state index contributed by atoms with van der Waals surface area (Å²) in [6.45, 7) is 1.75. The van der Waals surface area contributed by atoms with Crippen molar-refractivity contribution < 1.29 is 24.0 Å². The van der Waals surface area contributed by atoms with E-state index in [4.69, 9.17) is 9.47 Å². The predicted octanol–water partition coefficient (Wildman–Crippen LogP) is 1.03. The van der Waals surface area contributed by atoms with Crippen molar-refractivity contribution in [3.8, 4) is 11.5 Å². The quantitative estimate of drug-likeness (QED) is 0.604. The molecule has 3 heterocycles. The highest BCUT2D eigenvalue weighted by atomic mass is 16.5. The molecule has 6 heteroatoms. The van der Waals surface area contributed by atoms with Gasteiger partial charge in [0.1, 0.15) is 17.4 Å². The molecule has 150 valence electrons. The maximum atomic E-state index is 13.5. The van der Waals surface area contributed by atoms with Gasteiger partial charge >= 0.3 is 0 Å². The van der Waals surface area contributed by atoms with Crippen LogP contribution in [0.15, 0.2) is 48.5 Å². The van der Waals surface area contributed by atoms with Crippen molar-refractivity contribution in [2.24, 2.45) is 11.8 Å². The van der Waals surface area contributed by atoms with E-state index in [1.807, 2.05) is 36.4 Å². The van der Waals surface area contributed by atoms with Crippen LogP contribution in [0.1, 0.15) is 28.3 Å². The molecule has 2 bridgehead atoms. The summed E-state index contributed by atoms with van der Waals surface area (Å²) in [5.41, 5.74) is 0.733. The van der Waals surface area contributed by atoms with Crippen LogP contribution < -0.4 is 19.7 Å². The summed E-state index contributed by atoms with van der Waals surface area (Å²) in [5.74, 6) is 0.0876. The normalized spacial score (nSPS) is 32.3. The number of nitrogens with one attached hydrogen (secondary N) is 2. The van der Waals surface area contributed by atoms with Crippen molar-refractivity contribution in [1.29, 1.82) is 0 Å². The zero-order valence-electron chi connectivity index (χ0n) is 16.6. The maximum Gasteiger partial charge on any atom is 0.234 e. The summed E-state index contributed by atoms with van der Waals surface area (Å²) in [7, 11) is 3.77. The molecule has 3 aliphatic rings. The summed E-state index contributed by atoms with van der Waals surface area (Å²) in [5, 5.41) is 3.13. The molecule has 0 saturated carbocycles. The smallest absolute Gasteiger partial charge is 0.234 e. The number of ether oxygens (including phenoxy) is 2. The standard InChI is InChI=1S/C23H24N2O4/c1-25-11-10-23-17(13-25)19(16-9-8-15(28-2)12-18(16)29-23)20(22(27)24-23)21(26)14-6-4-3-5-7-14/h3-9,12,17,19-20H,10-11,13H2,1-2H3,(H,24,27)/p+1. The molecule has 0 aromatic heterocycles. The van der Waals surface area contributed by atoms with E-state index in [0.717, 1.165) is 18.7 Å². The van der Waals surface area contributed by atoms with Crippen LogP contribution in [0.5, 0.6) is 11.5 Å². The molecule has 6 nitrogen and oxygen atoms in total. The zero-order chi connectivity index (χ0) is 20.2. The van der Waals surface area contributed by atoms with Crippen LogP contribution in [0.4, 0.5) is 0 Å². The number of quaternary nitrogens is 1. The molecule has 2 saturated heterocycles. The Morgan fingerprint density at radius 1 is 1.24 bits per heavy atom. The number of fused-ring (bicyclic) bond motifs is 2. The summed E-state index contributed by atoms with van der Waals surface area (Å²) in [4.78, 5) is 28.1. The van der Waals surface area contributed by atoms with Crippen LogP contribution in [0.3, 0.4) is 0 Å². The highest BCUT2D eigenvalue weighted by Gasteiger charge is 2.62. The fourth-order valence-electron chi connectivity index (χ4n) is 5.30. The number of piperidine rings is 2. The van der Waals surface area contributed by atoms with Crippen molar-refractivity contribution >= 4 is 11.7 Å². The number of benzene rings is 2. The fraction of sp³-hybridized carbons (Fsp3) is 0.391. The van der Waals surface area contributed by atoms with Gasteiger partial charge in [-0.3, -0.25) is 9.59 Å². The minimum atomic E-state index is -0.766. The molecule has 2 aromatic rings. The lowest BCUT2D eigenvalue weighted by atomic mass is 9.63. The minimum absolute atomic E-state index is 0.0347. The van der Waals surface area contributed by atoms with Crippen LogP contribution in [-0.4, -0.2) is 44.7 Å². The van der Waals surface area contributed by atoms with E-state index in [0.29, 0.717) is 23.5 Å². The molecule has 0 spiro atoms. The van der Waals surface area contributed by atoms with Crippen LogP contribution >= 0.6 is 0 Å². The molecule has 2 N–H and O–H groups in total. The Labute approximate surface area is 169 Å². The van der Waals surface area contributed by atoms with Crippen molar-refractivity contribution in [3.63, 3.8) is 0 Å². The second-order valence-electron chi connectivity index (χ2n) is 8.39. The van der Waals surface area contributed by atoms with Gasteiger partial charge in [-0.15, -0.1) is 0 Å². The van der Waals surface area contributed by atoms with Gasteiger partial charge in [-0.25, -0.2) is 0 Å². The zero-order valence-corrected chi connectivity index (χ0v) is 16.6. The first-order valence-electron chi connectivity index (χ1n) is 10.1. The average molecular weight is 393 g/mol. The molecular weight excluding hydrogens is 368 g/mol. The van der Waals surface area contributed by atoms with E-state index in [9.17, 15) is 9.59 Å². The number of Topliss-reactive ketones (excluding diaryl/α,β-unsaturated/α-hetero) is 1. The van der Waals surface area contributed by atoms with Crippen molar-refractivity contribution in [1.82, 2.24) is 5.32 Å². The first kappa shape index (κ1) is 18.2. The number of carbonyl (C=O) groups excluding carboxylic acids is 2. The average Bonchev–Trinajstić information content (AvgIpc) is 2.73. The molecule has 2 aromatic carbocycles. The third-order valence-corrected chi connectivity index (χ3v) is 6.71. The van der Waals surface area contributed by atoms with Crippen molar-refractivity contribution in [2.75, 3.05) is 27.2 Å². The van der Waals surface area contributed by atoms with Gasteiger partial charge in [-0.05, 0) is 11.6 Å². The van der Waals surface area contributed by atoms with Gasteiger partial charge in [0, 0.05) is 17.5 Å². The highest BCUT2D eigenvalue weighted by Crippen LogP contribution is 2.53. The summed E-state index contributed by atoms with van der Waals surface area (Å²) in [6.07, 6.45) is 0.717. The van der Waals surface area contributed by atoms with Crippen LogP contribution in [0.2, 0.25) is 0 Å². The van der Waals surface area contributed by atoms with Gasteiger partial charge in [0.2, 0.25) is 5.91 Å². The van der Waals surface area contributed by atoms with E-state index in [1.165, 1.54) is 4.90 Å². The maximum absolute atomic E-state index is 13.5. The number of carbonyl (C=O) groups is 2. The van der Waals surface area contributed by atoms with Crippen LogP contribution in [0.25, 0.3) is 0 Å². The molecule has 0 radical (unpaired) electrons. The fourth-order valence-corrected chi connectivity index (χ4v) is 5.30. The second-order valence-corrected chi connectivity index (χ2v) is 8.39. The monoisotopic (exact) mass is 393 g/mol. The lowest BCUT2D eigenvalue weighted by Crippen LogP contribution is -3.13. The largest absolute Gasteiger partial charge is 0.497 e. The second kappa shape index (κ2) is 6.59. The minimum Gasteiger partial charge on any atom is -0.497 e. The Kier molecular flexibility index (Phi) is 4.13. The van der Waals surface area contributed by atoms with E-state index < -0.39 is 11.6 Å². The van der Waals surface area contributed by atoms with E-state index in [2.05, 4.69) is 12.4 Å². The Hall–Kier alpha value is -2.86. The Morgan fingerprint density at radius 3 is 2.79 bits per heavy atom. The topological polar surface area (TPSA) is 69.1 Å². The molecular formula is C23H25N2O4+. The molecule has 3 aliphatic heterocycles. The molecule has 5 rings (SSSR count). The number of ketones is 1. The number of rotatable bonds is 3. The lowest BCUT2D eigenvalue weighted by molar-refractivity contribution is -0.892. The summed E-state index contributed by atoms with van der Waals surface area (Å²) in [6, 6.07) is 14.8. The van der Waals surface area contributed by atoms with Crippen molar-refractivity contribution in [2.45, 2.75) is 18.1 Å². The highest BCUT2D eigenvalue weighted by molar-refractivity contribution is 6.11. The van der Waals surface area contributed by atoms with Crippen molar-refractivity contribution in [3.05, 3.63) is 59.7 Å². The van der Waals surface area contributed by atoms with E-state index in [1.54, 1.807) is 19.2 Å². The van der Waals surface area contributed by atoms with Gasteiger partial charge in [0.25, 0.3) is 0 Å². The van der Waals surface area contributed by atoms with Gasteiger partial charge in [-0.2, -0.15) is 0 Å². The first-order chi connectivity index (χ1) is 14.0. The number of amides is 1. The molecule has 2 fully saturated rings. The third-order valence-electron chi connectivity index (χ3n) is 6.71. The number of methoxy groups -OCH3 is 1. The molecule has 5 unspecified atom stereocenters. The van der Waals surface area contributed by atoms with Gasteiger partial charge in [0.05, 0.1) is 39.6 Å². The summed E-state index contributed by atoms with van der Waals surface area (Å²) < 4.78 is 11.8. The number of likely N-dealkylation sites (tertiary alicyclic amines) is 1. The van der Waals surface area contributed by atoms with Crippen LogP contribution in [0, 0.1) is 11.8 Å². The number of hydrogen-bond acceptors (Lipinski definition) is 4. The molecule has 0 aliphatic carbocycles. The molecule has 29 heavy (non-hydrogen) atoms. The lowest BCUT2D eigenvalue weighted by Gasteiger charge is -2.55. The van der Waals surface area contributed by atoms with E-state index in [-0.39, 0.29) is 23.5 Å². The Morgan fingerprint density at radius 2 is 2.03 bits per heavy atom. The van der Waals surface area contributed by atoms with E-state index >= 15 is 0 Å². The third kappa shape index (κ3) is 2.74. The predicted molar refractivity (Wildman–Crippen MR) is 106 cm³/mol. The van der Waals surface area contributed by atoms with Crippen LogP contribution in [-0.2, 0) is 4.79 Å².